The van der Waals surface area contributed by atoms with E-state index in [0.717, 1.165) is 19.4 Å². The molecule has 1 aliphatic rings. The molecule has 104 valence electrons. The number of hydrogen-bond acceptors (Lipinski definition) is 2. The van der Waals surface area contributed by atoms with Crippen molar-refractivity contribution in [3.8, 4) is 0 Å². The van der Waals surface area contributed by atoms with E-state index in [0.29, 0.717) is 5.92 Å². The fraction of sp³-hybridized carbons (Fsp3) is 0.562. The van der Waals surface area contributed by atoms with E-state index in [2.05, 4.69) is 30.9 Å². The van der Waals surface area contributed by atoms with Crippen molar-refractivity contribution in [3.05, 3.63) is 35.9 Å². The number of carboxylic acids is 1. The van der Waals surface area contributed by atoms with Gasteiger partial charge in [-0.05, 0) is 37.8 Å². The van der Waals surface area contributed by atoms with E-state index in [4.69, 9.17) is 0 Å². The predicted molar refractivity (Wildman–Crippen MR) is 76.0 cm³/mol. The van der Waals surface area contributed by atoms with Crippen LogP contribution in [-0.2, 0) is 4.79 Å². The normalized spacial score (nSPS) is 25.7. The van der Waals surface area contributed by atoms with Crippen LogP contribution in [0.4, 0.5) is 0 Å². The molecule has 1 aromatic carbocycles. The van der Waals surface area contributed by atoms with E-state index in [1.807, 2.05) is 25.1 Å². The molecule has 2 unspecified atom stereocenters. The Morgan fingerprint density at radius 3 is 2.47 bits per heavy atom. The van der Waals surface area contributed by atoms with Gasteiger partial charge < -0.3 is 5.11 Å². The molecule has 3 nitrogen and oxygen atoms in total. The first kappa shape index (κ1) is 14.1. The molecule has 0 aromatic heterocycles. The van der Waals surface area contributed by atoms with Gasteiger partial charge in [0.05, 0.1) is 0 Å². The maximum absolute atomic E-state index is 11.7. The van der Waals surface area contributed by atoms with Crippen molar-refractivity contribution in [2.75, 3.05) is 6.54 Å². The summed E-state index contributed by atoms with van der Waals surface area (Å²) in [6.45, 7) is 7.05. The Balaban J connectivity index is 2.38. The number of carboxylic acid groups (broad SMARTS) is 1. The molecule has 1 aromatic rings. The molecule has 1 saturated heterocycles. The van der Waals surface area contributed by atoms with E-state index >= 15 is 0 Å². The molecule has 1 N–H and O–H groups in total. The molecule has 0 aliphatic carbocycles. The predicted octanol–water partition coefficient (Wildman–Crippen LogP) is 3.32. The third kappa shape index (κ3) is 2.52. The second-order valence-electron chi connectivity index (χ2n) is 5.98. The molecular formula is C16H23NO2. The van der Waals surface area contributed by atoms with E-state index < -0.39 is 11.5 Å². The molecule has 0 saturated carbocycles. The number of aliphatic carboxylic acids is 1. The first-order valence-corrected chi connectivity index (χ1v) is 7.02. The summed E-state index contributed by atoms with van der Waals surface area (Å²) in [5.74, 6) is -0.314. The van der Waals surface area contributed by atoms with Crippen molar-refractivity contribution in [1.29, 1.82) is 0 Å². The van der Waals surface area contributed by atoms with Crippen molar-refractivity contribution in [1.82, 2.24) is 4.90 Å². The van der Waals surface area contributed by atoms with Gasteiger partial charge in [0.1, 0.15) is 5.54 Å². The summed E-state index contributed by atoms with van der Waals surface area (Å²) in [6.07, 6.45) is 1.69. The van der Waals surface area contributed by atoms with Crippen LogP contribution in [-0.4, -0.2) is 28.1 Å². The summed E-state index contributed by atoms with van der Waals surface area (Å²) in [6, 6.07) is 10.4. The van der Waals surface area contributed by atoms with Gasteiger partial charge in [-0.3, -0.25) is 9.69 Å². The lowest BCUT2D eigenvalue weighted by Crippen LogP contribution is -2.50. The summed E-state index contributed by atoms with van der Waals surface area (Å²) in [5, 5.41) is 9.58. The molecule has 1 aliphatic heterocycles. The monoisotopic (exact) mass is 261 g/mol. The standard InChI is InChI=1S/C16H23NO2/c1-12(2)14(13-8-5-4-6-9-13)17-11-7-10-16(17,3)15(18)19/h4-6,8-9,12,14H,7,10-11H2,1-3H3,(H,18,19). The molecule has 0 spiro atoms. The number of carbonyl (C=O) groups is 1. The minimum atomic E-state index is -0.731. The quantitative estimate of drug-likeness (QED) is 0.904. The first-order valence-electron chi connectivity index (χ1n) is 7.02. The molecule has 3 heteroatoms. The lowest BCUT2D eigenvalue weighted by atomic mass is 9.90. The van der Waals surface area contributed by atoms with Crippen LogP contribution in [0.1, 0.15) is 45.2 Å². The van der Waals surface area contributed by atoms with Gasteiger partial charge in [-0.1, -0.05) is 44.2 Å². The Morgan fingerprint density at radius 2 is 1.95 bits per heavy atom. The van der Waals surface area contributed by atoms with Gasteiger partial charge in [0.15, 0.2) is 0 Å². The second-order valence-corrected chi connectivity index (χ2v) is 5.98. The van der Waals surface area contributed by atoms with Crippen LogP contribution in [0, 0.1) is 5.92 Å². The highest BCUT2D eigenvalue weighted by molar-refractivity contribution is 5.78. The van der Waals surface area contributed by atoms with Crippen LogP contribution in [0.5, 0.6) is 0 Å². The average Bonchev–Trinajstić information content (AvgIpc) is 2.74. The maximum Gasteiger partial charge on any atom is 0.323 e. The molecular weight excluding hydrogens is 238 g/mol. The van der Waals surface area contributed by atoms with Crippen molar-refractivity contribution >= 4 is 5.97 Å². The molecule has 2 rings (SSSR count). The lowest BCUT2D eigenvalue weighted by Gasteiger charge is -2.40. The summed E-state index contributed by atoms with van der Waals surface area (Å²) >= 11 is 0. The average molecular weight is 261 g/mol. The molecule has 0 bridgehead atoms. The second kappa shape index (κ2) is 5.33. The minimum absolute atomic E-state index is 0.171. The summed E-state index contributed by atoms with van der Waals surface area (Å²) in [4.78, 5) is 13.8. The van der Waals surface area contributed by atoms with E-state index in [-0.39, 0.29) is 6.04 Å². The number of rotatable bonds is 4. The fourth-order valence-corrected chi connectivity index (χ4v) is 3.23. The van der Waals surface area contributed by atoms with Gasteiger partial charge in [0.25, 0.3) is 0 Å². The van der Waals surface area contributed by atoms with E-state index in [1.54, 1.807) is 0 Å². The SMILES string of the molecule is CC(C)C(c1ccccc1)N1CCCC1(C)C(=O)O. The molecule has 19 heavy (non-hydrogen) atoms. The molecule has 0 amide bonds. The zero-order valence-electron chi connectivity index (χ0n) is 12.0. The van der Waals surface area contributed by atoms with Crippen LogP contribution >= 0.6 is 0 Å². The van der Waals surface area contributed by atoms with Gasteiger partial charge >= 0.3 is 5.97 Å². The van der Waals surface area contributed by atoms with Gasteiger partial charge in [0.2, 0.25) is 0 Å². The van der Waals surface area contributed by atoms with Crippen LogP contribution in [0.15, 0.2) is 30.3 Å². The smallest absolute Gasteiger partial charge is 0.323 e. The summed E-state index contributed by atoms with van der Waals surface area (Å²) in [5.41, 5.74) is 0.483. The van der Waals surface area contributed by atoms with Crippen molar-refractivity contribution in [3.63, 3.8) is 0 Å². The highest BCUT2D eigenvalue weighted by Crippen LogP contribution is 2.40. The lowest BCUT2D eigenvalue weighted by molar-refractivity contribution is -0.150. The summed E-state index contributed by atoms with van der Waals surface area (Å²) in [7, 11) is 0. The van der Waals surface area contributed by atoms with Crippen LogP contribution < -0.4 is 0 Å². The largest absolute Gasteiger partial charge is 0.480 e. The Hall–Kier alpha value is -1.35. The number of benzene rings is 1. The molecule has 0 radical (unpaired) electrons. The van der Waals surface area contributed by atoms with E-state index in [9.17, 15) is 9.90 Å². The Labute approximate surface area is 115 Å². The molecule has 1 fully saturated rings. The fourth-order valence-electron chi connectivity index (χ4n) is 3.23. The third-order valence-electron chi connectivity index (χ3n) is 4.27. The van der Waals surface area contributed by atoms with E-state index in [1.165, 1.54) is 5.56 Å². The molecule has 2 atom stereocenters. The van der Waals surface area contributed by atoms with Crippen molar-refractivity contribution < 1.29 is 9.90 Å². The third-order valence-corrected chi connectivity index (χ3v) is 4.27. The zero-order valence-corrected chi connectivity index (χ0v) is 12.0. The van der Waals surface area contributed by atoms with Gasteiger partial charge in [-0.25, -0.2) is 0 Å². The Morgan fingerprint density at radius 1 is 1.32 bits per heavy atom. The number of likely N-dealkylation sites (tertiary alicyclic amines) is 1. The van der Waals surface area contributed by atoms with Gasteiger partial charge in [0, 0.05) is 6.04 Å². The van der Waals surface area contributed by atoms with Crippen LogP contribution in [0.25, 0.3) is 0 Å². The Bertz CT molecular complexity index is 443. The van der Waals surface area contributed by atoms with Crippen molar-refractivity contribution in [2.24, 2.45) is 5.92 Å². The highest BCUT2D eigenvalue weighted by Gasteiger charge is 2.47. The highest BCUT2D eigenvalue weighted by atomic mass is 16.4. The van der Waals surface area contributed by atoms with Crippen LogP contribution in [0.3, 0.4) is 0 Å². The van der Waals surface area contributed by atoms with Crippen molar-refractivity contribution in [2.45, 2.75) is 45.2 Å². The van der Waals surface area contributed by atoms with Gasteiger partial charge in [-0.15, -0.1) is 0 Å². The van der Waals surface area contributed by atoms with Crippen LogP contribution in [0.2, 0.25) is 0 Å². The summed E-state index contributed by atoms with van der Waals surface area (Å²) < 4.78 is 0. The Kier molecular flexibility index (Phi) is 3.95. The first-order chi connectivity index (χ1) is 8.97. The number of hydrogen-bond donors (Lipinski definition) is 1. The zero-order chi connectivity index (χ0) is 14.0. The minimum Gasteiger partial charge on any atom is -0.480 e. The maximum atomic E-state index is 11.7. The van der Waals surface area contributed by atoms with Gasteiger partial charge in [-0.2, -0.15) is 0 Å². The number of nitrogens with zero attached hydrogens (tertiary/aromatic N) is 1. The molecule has 1 heterocycles. The topological polar surface area (TPSA) is 40.5 Å².